The molecule has 0 radical (unpaired) electrons. The first kappa shape index (κ1) is 11.9. The number of rotatable bonds is 2. The van der Waals surface area contributed by atoms with Gasteiger partial charge >= 0.3 is 0 Å². The fourth-order valence-corrected chi connectivity index (χ4v) is 2.14. The van der Waals surface area contributed by atoms with Gasteiger partial charge in [0.25, 0.3) is 5.56 Å². The molecular weight excluding hydrogens is 262 g/mol. The second kappa shape index (κ2) is 4.72. The third kappa shape index (κ3) is 2.95. The van der Waals surface area contributed by atoms with Crippen molar-refractivity contribution in [2.45, 2.75) is 17.1 Å². The molecule has 0 bridgehead atoms. The highest BCUT2D eigenvalue weighted by molar-refractivity contribution is 7.99. The zero-order valence-corrected chi connectivity index (χ0v) is 10.3. The Morgan fingerprint density at radius 3 is 2.94 bits per heavy atom. The number of H-pyrrole nitrogens is 1. The van der Waals surface area contributed by atoms with Crippen molar-refractivity contribution in [2.24, 2.45) is 0 Å². The molecule has 3 N–H and O–H groups in total. The summed E-state index contributed by atoms with van der Waals surface area (Å²) < 4.78 is 0. The van der Waals surface area contributed by atoms with E-state index in [1.807, 2.05) is 0 Å². The number of aryl methyl sites for hydroxylation is 1. The monoisotopic (exact) mass is 269 g/mol. The lowest BCUT2D eigenvalue weighted by Gasteiger charge is -2.03. The van der Waals surface area contributed by atoms with Crippen LogP contribution in [0, 0.1) is 6.92 Å². The topological polar surface area (TPSA) is 97.5 Å². The van der Waals surface area contributed by atoms with Crippen molar-refractivity contribution in [3.63, 3.8) is 0 Å². The second-order valence-electron chi connectivity index (χ2n) is 3.19. The number of aromatic amines is 1. The maximum Gasteiger partial charge on any atom is 0.251 e. The average Bonchev–Trinajstić information content (AvgIpc) is 2.22. The van der Waals surface area contributed by atoms with Crippen molar-refractivity contribution in [2.75, 3.05) is 5.73 Å². The summed E-state index contributed by atoms with van der Waals surface area (Å²) in [5.41, 5.74) is 6.46. The quantitative estimate of drug-likeness (QED) is 0.629. The van der Waals surface area contributed by atoms with Gasteiger partial charge < -0.3 is 10.7 Å². The SMILES string of the molecule is Cc1cc(=O)[nH]c(Sc2nc(Cl)ncc2N)n1. The molecule has 2 aromatic rings. The predicted molar refractivity (Wildman–Crippen MR) is 65.2 cm³/mol. The predicted octanol–water partition coefficient (Wildman–Crippen LogP) is 1.26. The summed E-state index contributed by atoms with van der Waals surface area (Å²) in [4.78, 5) is 25.7. The second-order valence-corrected chi connectivity index (χ2v) is 4.51. The van der Waals surface area contributed by atoms with Gasteiger partial charge in [0, 0.05) is 11.8 Å². The van der Waals surface area contributed by atoms with E-state index in [9.17, 15) is 4.79 Å². The molecule has 0 spiro atoms. The Hall–Kier alpha value is -1.60. The van der Waals surface area contributed by atoms with Gasteiger partial charge in [-0.3, -0.25) is 4.79 Å². The van der Waals surface area contributed by atoms with Crippen LogP contribution < -0.4 is 11.3 Å². The molecule has 0 unspecified atom stereocenters. The zero-order valence-electron chi connectivity index (χ0n) is 8.77. The van der Waals surface area contributed by atoms with Crippen molar-refractivity contribution >= 4 is 29.1 Å². The Kier molecular flexibility index (Phi) is 3.30. The minimum absolute atomic E-state index is 0.0942. The van der Waals surface area contributed by atoms with Crippen LogP contribution in [-0.4, -0.2) is 19.9 Å². The van der Waals surface area contributed by atoms with Gasteiger partial charge in [0.15, 0.2) is 5.16 Å². The summed E-state index contributed by atoms with van der Waals surface area (Å²) in [5.74, 6) is 0. The number of hydrogen-bond donors (Lipinski definition) is 2. The Morgan fingerprint density at radius 2 is 2.24 bits per heavy atom. The molecule has 0 aliphatic carbocycles. The molecule has 0 saturated heterocycles. The minimum atomic E-state index is -0.223. The van der Waals surface area contributed by atoms with Crippen molar-refractivity contribution in [1.82, 2.24) is 19.9 Å². The first-order chi connectivity index (χ1) is 8.04. The van der Waals surface area contributed by atoms with E-state index in [2.05, 4.69) is 19.9 Å². The van der Waals surface area contributed by atoms with Crippen molar-refractivity contribution in [3.05, 3.63) is 33.6 Å². The van der Waals surface area contributed by atoms with E-state index in [1.54, 1.807) is 6.92 Å². The maximum atomic E-state index is 11.3. The number of hydrogen-bond acceptors (Lipinski definition) is 6. The molecule has 0 aromatic carbocycles. The van der Waals surface area contributed by atoms with Gasteiger partial charge in [-0.15, -0.1) is 0 Å². The van der Waals surface area contributed by atoms with Crippen LogP contribution in [0.3, 0.4) is 0 Å². The number of nitrogens with two attached hydrogens (primary N) is 1. The Bertz CT molecular complexity index is 615. The van der Waals surface area contributed by atoms with Gasteiger partial charge in [-0.05, 0) is 30.3 Å². The summed E-state index contributed by atoms with van der Waals surface area (Å²) in [5, 5.41) is 0.965. The van der Waals surface area contributed by atoms with Gasteiger partial charge in [0.2, 0.25) is 5.28 Å². The summed E-state index contributed by atoms with van der Waals surface area (Å²) in [7, 11) is 0. The van der Waals surface area contributed by atoms with E-state index >= 15 is 0 Å². The normalized spacial score (nSPS) is 10.5. The van der Waals surface area contributed by atoms with E-state index in [-0.39, 0.29) is 10.8 Å². The first-order valence-corrected chi connectivity index (χ1v) is 5.78. The van der Waals surface area contributed by atoms with Crippen molar-refractivity contribution < 1.29 is 0 Å². The zero-order chi connectivity index (χ0) is 12.4. The molecule has 8 heteroatoms. The molecule has 2 heterocycles. The minimum Gasteiger partial charge on any atom is -0.395 e. The fourth-order valence-electron chi connectivity index (χ4n) is 1.13. The maximum absolute atomic E-state index is 11.3. The number of halogens is 1. The average molecular weight is 270 g/mol. The van der Waals surface area contributed by atoms with Crippen LogP contribution in [0.1, 0.15) is 5.69 Å². The summed E-state index contributed by atoms with van der Waals surface area (Å²) in [6.07, 6.45) is 1.41. The molecule has 2 aromatic heterocycles. The molecule has 0 fully saturated rings. The van der Waals surface area contributed by atoms with E-state index in [0.29, 0.717) is 21.6 Å². The van der Waals surface area contributed by atoms with Crippen LogP contribution in [0.2, 0.25) is 5.28 Å². The molecule has 0 saturated carbocycles. The standard InChI is InChI=1S/C9H8ClN5OS/c1-4-2-6(16)14-9(13-4)17-7-5(11)3-12-8(10)15-7/h2-3H,11H2,1H3,(H,13,14,16). The summed E-state index contributed by atoms with van der Waals surface area (Å²) in [6, 6.07) is 1.40. The number of nitrogens with one attached hydrogen (secondary N) is 1. The number of nitrogens with zero attached hydrogens (tertiary/aromatic N) is 3. The van der Waals surface area contributed by atoms with Crippen LogP contribution in [0.5, 0.6) is 0 Å². The number of aromatic nitrogens is 4. The summed E-state index contributed by atoms with van der Waals surface area (Å²) in [6.45, 7) is 1.73. The van der Waals surface area contributed by atoms with E-state index in [1.165, 1.54) is 12.3 Å². The highest BCUT2D eigenvalue weighted by Crippen LogP contribution is 2.27. The lowest BCUT2D eigenvalue weighted by Crippen LogP contribution is -2.08. The molecule has 88 valence electrons. The summed E-state index contributed by atoms with van der Waals surface area (Å²) >= 11 is 6.79. The molecular formula is C9H8ClN5OS. The van der Waals surface area contributed by atoms with Gasteiger partial charge in [-0.2, -0.15) is 0 Å². The fraction of sp³-hybridized carbons (Fsp3) is 0.111. The van der Waals surface area contributed by atoms with Crippen LogP contribution in [0.4, 0.5) is 5.69 Å². The Morgan fingerprint density at radius 1 is 1.47 bits per heavy atom. The van der Waals surface area contributed by atoms with Crippen molar-refractivity contribution in [1.29, 1.82) is 0 Å². The molecule has 0 aliphatic rings. The molecule has 2 rings (SSSR count). The molecule has 0 aliphatic heterocycles. The Balaban J connectivity index is 2.37. The highest BCUT2D eigenvalue weighted by Gasteiger charge is 2.08. The van der Waals surface area contributed by atoms with E-state index < -0.39 is 0 Å². The van der Waals surface area contributed by atoms with Crippen LogP contribution in [0.25, 0.3) is 0 Å². The van der Waals surface area contributed by atoms with E-state index in [4.69, 9.17) is 17.3 Å². The number of anilines is 1. The van der Waals surface area contributed by atoms with Crippen LogP contribution >= 0.6 is 23.4 Å². The first-order valence-electron chi connectivity index (χ1n) is 4.58. The van der Waals surface area contributed by atoms with Crippen molar-refractivity contribution in [3.8, 4) is 0 Å². The Labute approximate surface area is 106 Å². The number of nitrogen functional groups attached to an aromatic ring is 1. The lowest BCUT2D eigenvalue weighted by molar-refractivity contribution is 0.901. The molecule has 6 nitrogen and oxygen atoms in total. The van der Waals surface area contributed by atoms with Gasteiger partial charge in [-0.1, -0.05) is 0 Å². The lowest BCUT2D eigenvalue weighted by atomic mass is 10.5. The van der Waals surface area contributed by atoms with Crippen LogP contribution in [0.15, 0.2) is 27.2 Å². The smallest absolute Gasteiger partial charge is 0.251 e. The van der Waals surface area contributed by atoms with Gasteiger partial charge in [-0.25, -0.2) is 15.0 Å². The third-order valence-corrected chi connectivity index (χ3v) is 2.88. The molecule has 0 atom stereocenters. The third-order valence-electron chi connectivity index (χ3n) is 1.79. The molecule has 0 amide bonds. The highest BCUT2D eigenvalue weighted by atomic mass is 35.5. The van der Waals surface area contributed by atoms with Crippen LogP contribution in [-0.2, 0) is 0 Å². The van der Waals surface area contributed by atoms with Gasteiger partial charge in [0.05, 0.1) is 11.9 Å². The largest absolute Gasteiger partial charge is 0.395 e. The van der Waals surface area contributed by atoms with E-state index in [0.717, 1.165) is 11.8 Å². The van der Waals surface area contributed by atoms with Gasteiger partial charge in [0.1, 0.15) is 5.03 Å². The molecule has 17 heavy (non-hydrogen) atoms.